The molecule has 0 spiro atoms. The first-order valence-corrected chi connectivity index (χ1v) is 10.4. The zero-order valence-electron chi connectivity index (χ0n) is 17.2. The van der Waals surface area contributed by atoms with Gasteiger partial charge in [0.2, 0.25) is 0 Å². The second kappa shape index (κ2) is 11.2. The molecule has 27 heavy (non-hydrogen) atoms. The van der Waals surface area contributed by atoms with Gasteiger partial charge in [0, 0.05) is 45.5 Å². The van der Waals surface area contributed by atoms with Crippen molar-refractivity contribution in [2.45, 2.75) is 51.5 Å². The van der Waals surface area contributed by atoms with E-state index >= 15 is 0 Å². The Balaban J connectivity index is 0.00000261. The van der Waals surface area contributed by atoms with E-state index in [-0.39, 0.29) is 24.0 Å². The molecule has 2 aliphatic rings. The second-order valence-corrected chi connectivity index (χ2v) is 7.98. The summed E-state index contributed by atoms with van der Waals surface area (Å²) in [5, 5.41) is 7.79. The molecule has 2 heterocycles. The van der Waals surface area contributed by atoms with E-state index in [4.69, 9.17) is 4.99 Å². The molecule has 1 aromatic rings. The lowest BCUT2D eigenvalue weighted by molar-refractivity contribution is 0.252. The van der Waals surface area contributed by atoms with Crippen LogP contribution < -0.4 is 5.32 Å². The lowest BCUT2D eigenvalue weighted by Crippen LogP contribution is -2.41. The molecule has 7 heteroatoms. The van der Waals surface area contributed by atoms with Crippen molar-refractivity contribution in [3.63, 3.8) is 0 Å². The Morgan fingerprint density at radius 1 is 1.33 bits per heavy atom. The lowest BCUT2D eigenvalue weighted by atomic mass is 10.0. The molecule has 1 unspecified atom stereocenters. The van der Waals surface area contributed by atoms with E-state index in [0.717, 1.165) is 51.1 Å². The van der Waals surface area contributed by atoms with Crippen LogP contribution in [0.2, 0.25) is 0 Å². The fourth-order valence-electron chi connectivity index (χ4n) is 4.37. The number of nitrogens with one attached hydrogen (secondary N) is 1. The van der Waals surface area contributed by atoms with Gasteiger partial charge in [-0.1, -0.05) is 12.8 Å². The molecule has 1 N–H and O–H groups in total. The monoisotopic (exact) mass is 488 g/mol. The van der Waals surface area contributed by atoms with Gasteiger partial charge in [-0.2, -0.15) is 5.10 Å². The number of likely N-dealkylation sites (N-methyl/N-ethyl adjacent to an activating group) is 1. The number of aliphatic imine (C=N–C) groups is 1. The third kappa shape index (κ3) is 6.62. The highest BCUT2D eigenvalue weighted by atomic mass is 127. The summed E-state index contributed by atoms with van der Waals surface area (Å²) in [5.74, 6) is 1.80. The van der Waals surface area contributed by atoms with E-state index in [9.17, 15) is 0 Å². The molecule has 6 nitrogen and oxygen atoms in total. The van der Waals surface area contributed by atoms with Crippen molar-refractivity contribution in [2.24, 2.45) is 18.0 Å². The van der Waals surface area contributed by atoms with Crippen LogP contribution in [0.1, 0.15) is 44.6 Å². The van der Waals surface area contributed by atoms with Gasteiger partial charge in [0.1, 0.15) is 0 Å². The highest BCUT2D eigenvalue weighted by Gasteiger charge is 2.25. The van der Waals surface area contributed by atoms with Gasteiger partial charge >= 0.3 is 0 Å². The molecule has 0 radical (unpaired) electrons. The van der Waals surface area contributed by atoms with Crippen LogP contribution in [0.4, 0.5) is 0 Å². The van der Waals surface area contributed by atoms with E-state index in [0.29, 0.717) is 5.92 Å². The van der Waals surface area contributed by atoms with Crippen molar-refractivity contribution in [3.8, 4) is 0 Å². The minimum Gasteiger partial charge on any atom is -0.357 e. The fraction of sp³-hybridized carbons (Fsp3) is 0.800. The standard InChI is InChI=1S/C20H36N6.HI/c1-4-21-20(22-10-12-24(2)19-7-5-6-8-19)26-11-9-17(16-26)13-18-14-23-25(3)15-18;/h14-15,17,19H,4-13,16H2,1-3H3,(H,21,22);1H. The maximum atomic E-state index is 4.93. The van der Waals surface area contributed by atoms with Gasteiger partial charge in [0.05, 0.1) is 12.7 Å². The van der Waals surface area contributed by atoms with Gasteiger partial charge in [-0.25, -0.2) is 0 Å². The summed E-state index contributed by atoms with van der Waals surface area (Å²) in [6, 6.07) is 0.781. The highest BCUT2D eigenvalue weighted by Crippen LogP contribution is 2.22. The Kier molecular flexibility index (Phi) is 9.35. The van der Waals surface area contributed by atoms with E-state index in [1.165, 1.54) is 37.7 Å². The highest BCUT2D eigenvalue weighted by molar-refractivity contribution is 14.0. The molecule has 3 rings (SSSR count). The average molecular weight is 488 g/mol. The van der Waals surface area contributed by atoms with Crippen LogP contribution in [0.3, 0.4) is 0 Å². The normalized spacial score (nSPS) is 21.1. The lowest BCUT2D eigenvalue weighted by Gasteiger charge is -2.24. The Morgan fingerprint density at radius 3 is 2.78 bits per heavy atom. The quantitative estimate of drug-likeness (QED) is 0.365. The molecule has 0 amide bonds. The molecule has 0 aromatic carbocycles. The number of aryl methyl sites for hydroxylation is 1. The van der Waals surface area contributed by atoms with Crippen LogP contribution in [0, 0.1) is 5.92 Å². The van der Waals surface area contributed by atoms with E-state index in [2.05, 4.69) is 40.4 Å². The van der Waals surface area contributed by atoms with Crippen LogP contribution in [0.15, 0.2) is 17.4 Å². The number of halogens is 1. The molecular formula is C20H37IN6. The van der Waals surface area contributed by atoms with Crippen molar-refractivity contribution in [1.82, 2.24) is 24.9 Å². The third-order valence-corrected chi connectivity index (χ3v) is 5.87. The van der Waals surface area contributed by atoms with E-state index < -0.39 is 0 Å². The number of nitrogens with zero attached hydrogens (tertiary/aromatic N) is 5. The maximum absolute atomic E-state index is 4.93. The summed E-state index contributed by atoms with van der Waals surface area (Å²) in [7, 11) is 4.25. The smallest absolute Gasteiger partial charge is 0.193 e. The van der Waals surface area contributed by atoms with E-state index in [1.807, 2.05) is 17.9 Å². The van der Waals surface area contributed by atoms with Gasteiger partial charge in [0.15, 0.2) is 5.96 Å². The summed E-state index contributed by atoms with van der Waals surface area (Å²) >= 11 is 0. The predicted molar refractivity (Wildman–Crippen MR) is 123 cm³/mol. The minimum atomic E-state index is 0. The van der Waals surface area contributed by atoms with Gasteiger partial charge in [-0.05, 0) is 51.1 Å². The van der Waals surface area contributed by atoms with Crippen molar-refractivity contribution < 1.29 is 0 Å². The first kappa shape index (κ1) is 22.5. The van der Waals surface area contributed by atoms with Crippen LogP contribution in [0.5, 0.6) is 0 Å². The zero-order valence-corrected chi connectivity index (χ0v) is 19.6. The molecule has 1 saturated carbocycles. The van der Waals surface area contributed by atoms with Crippen LogP contribution in [0.25, 0.3) is 0 Å². The first-order chi connectivity index (χ1) is 12.7. The van der Waals surface area contributed by atoms with Crippen molar-refractivity contribution in [2.75, 3.05) is 39.8 Å². The number of hydrogen-bond donors (Lipinski definition) is 1. The maximum Gasteiger partial charge on any atom is 0.193 e. The Bertz CT molecular complexity index is 581. The van der Waals surface area contributed by atoms with E-state index in [1.54, 1.807) is 0 Å². The minimum absolute atomic E-state index is 0. The summed E-state index contributed by atoms with van der Waals surface area (Å²) in [6.45, 7) is 7.24. The number of aromatic nitrogens is 2. The number of guanidine groups is 1. The van der Waals surface area contributed by atoms with Gasteiger partial charge < -0.3 is 15.1 Å². The zero-order chi connectivity index (χ0) is 18.4. The molecular weight excluding hydrogens is 451 g/mol. The molecule has 1 aliphatic carbocycles. The SMILES string of the molecule is CCNC(=NCCN(C)C1CCCC1)N1CCC(Cc2cnn(C)c2)C1.I. The molecule has 1 aromatic heterocycles. The predicted octanol–water partition coefficient (Wildman–Crippen LogP) is 2.74. The van der Waals surface area contributed by atoms with Crippen molar-refractivity contribution in [3.05, 3.63) is 18.0 Å². The Hall–Kier alpha value is -0.830. The second-order valence-electron chi connectivity index (χ2n) is 7.98. The Labute approximate surface area is 181 Å². The Morgan fingerprint density at radius 2 is 2.11 bits per heavy atom. The van der Waals surface area contributed by atoms with Crippen molar-refractivity contribution in [1.29, 1.82) is 0 Å². The summed E-state index contributed by atoms with van der Waals surface area (Å²) < 4.78 is 1.90. The number of rotatable bonds is 7. The molecule has 154 valence electrons. The molecule has 1 atom stereocenters. The fourth-order valence-corrected chi connectivity index (χ4v) is 4.37. The molecule has 1 aliphatic heterocycles. The summed E-state index contributed by atoms with van der Waals surface area (Å²) in [5.41, 5.74) is 1.35. The van der Waals surface area contributed by atoms with Crippen LogP contribution >= 0.6 is 24.0 Å². The van der Waals surface area contributed by atoms with Gasteiger partial charge in [0.25, 0.3) is 0 Å². The van der Waals surface area contributed by atoms with Gasteiger partial charge in [-0.15, -0.1) is 24.0 Å². The number of likely N-dealkylation sites (tertiary alicyclic amines) is 1. The summed E-state index contributed by atoms with van der Waals surface area (Å²) in [6.07, 6.45) is 12.0. The molecule has 0 bridgehead atoms. The summed E-state index contributed by atoms with van der Waals surface area (Å²) in [4.78, 5) is 9.88. The van der Waals surface area contributed by atoms with Gasteiger partial charge in [-0.3, -0.25) is 9.67 Å². The first-order valence-electron chi connectivity index (χ1n) is 10.4. The number of hydrogen-bond acceptors (Lipinski definition) is 3. The third-order valence-electron chi connectivity index (χ3n) is 5.87. The average Bonchev–Trinajstić information content (AvgIpc) is 3.36. The molecule has 2 fully saturated rings. The largest absolute Gasteiger partial charge is 0.357 e. The molecule has 1 saturated heterocycles. The van der Waals surface area contributed by atoms with Crippen LogP contribution in [-0.4, -0.2) is 71.4 Å². The van der Waals surface area contributed by atoms with Crippen molar-refractivity contribution >= 4 is 29.9 Å². The topological polar surface area (TPSA) is 48.7 Å². The van der Waals surface area contributed by atoms with Crippen LogP contribution in [-0.2, 0) is 13.5 Å².